The fraction of sp³-hybridized carbons (Fsp3) is 0.308. The van der Waals surface area contributed by atoms with E-state index in [0.29, 0.717) is 18.9 Å². The molecule has 1 aromatic carbocycles. The van der Waals surface area contributed by atoms with Crippen LogP contribution in [0.2, 0.25) is 0 Å². The Hall–Kier alpha value is -1.88. The average Bonchev–Trinajstić information content (AvgIpc) is 2.68. The molecule has 0 aliphatic heterocycles. The molecule has 2 aromatic rings. The number of nitrogens with two attached hydrogens (primary N) is 1. The van der Waals surface area contributed by atoms with Crippen molar-refractivity contribution >= 4 is 0 Å². The van der Waals surface area contributed by atoms with Crippen molar-refractivity contribution in [1.82, 2.24) is 9.55 Å². The van der Waals surface area contributed by atoms with Crippen LogP contribution in [-0.2, 0) is 20.1 Å². The second-order valence-corrected chi connectivity index (χ2v) is 4.04. The molecule has 0 bridgehead atoms. The van der Waals surface area contributed by atoms with Gasteiger partial charge in [0, 0.05) is 25.7 Å². The molecule has 0 aliphatic rings. The van der Waals surface area contributed by atoms with Crippen LogP contribution >= 0.6 is 0 Å². The Balaban J connectivity index is 2.01. The number of nitrogens with zero attached hydrogens (tertiary/aromatic N) is 2. The molecule has 1 heterocycles. The van der Waals surface area contributed by atoms with Crippen LogP contribution in [0.1, 0.15) is 11.5 Å². The summed E-state index contributed by atoms with van der Waals surface area (Å²) in [5.41, 5.74) is 6.42. The minimum atomic E-state index is -0.309. The molecule has 0 aliphatic carbocycles. The quantitative estimate of drug-likeness (QED) is 0.876. The molecular weight excluding hydrogens is 233 g/mol. The van der Waals surface area contributed by atoms with E-state index in [9.17, 15) is 4.39 Å². The first-order chi connectivity index (χ1) is 8.69. The molecule has 5 heteroatoms. The third-order valence-corrected chi connectivity index (χ3v) is 2.59. The maximum atomic E-state index is 13.0. The predicted octanol–water partition coefficient (Wildman–Crippen LogP) is 1.64. The van der Waals surface area contributed by atoms with Crippen molar-refractivity contribution in [3.63, 3.8) is 0 Å². The van der Waals surface area contributed by atoms with Crippen molar-refractivity contribution in [2.24, 2.45) is 12.8 Å². The van der Waals surface area contributed by atoms with Gasteiger partial charge in [-0.1, -0.05) is 6.07 Å². The Labute approximate surface area is 105 Å². The first kappa shape index (κ1) is 12.6. The van der Waals surface area contributed by atoms with Gasteiger partial charge in [-0.25, -0.2) is 9.37 Å². The van der Waals surface area contributed by atoms with E-state index in [1.165, 1.54) is 12.1 Å². The average molecular weight is 249 g/mol. The molecule has 2 rings (SSSR count). The maximum Gasteiger partial charge on any atom is 0.146 e. The summed E-state index contributed by atoms with van der Waals surface area (Å²) in [5, 5.41) is 0. The smallest absolute Gasteiger partial charge is 0.146 e. The first-order valence-electron chi connectivity index (χ1n) is 5.78. The first-order valence-corrected chi connectivity index (χ1v) is 5.78. The lowest BCUT2D eigenvalue weighted by Crippen LogP contribution is -2.04. The zero-order valence-electron chi connectivity index (χ0n) is 10.3. The molecular formula is C13H16FN3O. The van der Waals surface area contributed by atoms with E-state index in [4.69, 9.17) is 10.5 Å². The highest BCUT2D eigenvalue weighted by Gasteiger charge is 2.05. The summed E-state index contributed by atoms with van der Waals surface area (Å²) in [6, 6.07) is 6.06. The summed E-state index contributed by atoms with van der Waals surface area (Å²) < 4.78 is 20.3. The number of aryl methyl sites for hydroxylation is 1. The second kappa shape index (κ2) is 5.64. The van der Waals surface area contributed by atoms with Gasteiger partial charge in [0.25, 0.3) is 0 Å². The number of hydrogen-bond acceptors (Lipinski definition) is 3. The third-order valence-electron chi connectivity index (χ3n) is 2.59. The molecule has 0 atom stereocenters. The highest BCUT2D eigenvalue weighted by atomic mass is 19.1. The summed E-state index contributed by atoms with van der Waals surface area (Å²) >= 11 is 0. The zero-order chi connectivity index (χ0) is 13.0. The van der Waals surface area contributed by atoms with Gasteiger partial charge in [0.05, 0.1) is 5.69 Å². The van der Waals surface area contributed by atoms with E-state index in [1.54, 1.807) is 12.1 Å². The predicted molar refractivity (Wildman–Crippen MR) is 66.7 cm³/mol. The minimum absolute atomic E-state index is 0.309. The summed E-state index contributed by atoms with van der Waals surface area (Å²) in [5.74, 6) is 0.984. The molecule has 96 valence electrons. The lowest BCUT2D eigenvalue weighted by molar-refractivity contribution is 0.290. The van der Waals surface area contributed by atoms with Gasteiger partial charge in [0.1, 0.15) is 24.0 Å². The van der Waals surface area contributed by atoms with E-state index in [2.05, 4.69) is 4.98 Å². The van der Waals surface area contributed by atoms with Gasteiger partial charge >= 0.3 is 0 Å². The largest absolute Gasteiger partial charge is 0.486 e. The number of benzene rings is 1. The van der Waals surface area contributed by atoms with Crippen LogP contribution in [0, 0.1) is 5.82 Å². The van der Waals surface area contributed by atoms with Crippen LogP contribution in [0.3, 0.4) is 0 Å². The van der Waals surface area contributed by atoms with Gasteiger partial charge in [-0.05, 0) is 18.7 Å². The maximum absolute atomic E-state index is 13.0. The normalized spacial score (nSPS) is 10.6. The SMILES string of the molecule is Cn1cc(CCN)nc1COc1cccc(F)c1. The second-order valence-electron chi connectivity index (χ2n) is 4.04. The number of hydrogen-bond donors (Lipinski definition) is 1. The Morgan fingerprint density at radius 1 is 1.44 bits per heavy atom. The summed E-state index contributed by atoms with van der Waals surface area (Å²) in [6.45, 7) is 0.881. The van der Waals surface area contributed by atoms with Crippen LogP contribution in [0.5, 0.6) is 5.75 Å². The van der Waals surface area contributed by atoms with Crippen LogP contribution in [0.4, 0.5) is 4.39 Å². The topological polar surface area (TPSA) is 53.1 Å². The van der Waals surface area contributed by atoms with Gasteiger partial charge in [0.2, 0.25) is 0 Å². The molecule has 0 saturated carbocycles. The molecule has 0 unspecified atom stereocenters. The Bertz CT molecular complexity index is 525. The molecule has 0 spiro atoms. The minimum Gasteiger partial charge on any atom is -0.486 e. The highest BCUT2D eigenvalue weighted by molar-refractivity contribution is 5.22. The summed E-state index contributed by atoms with van der Waals surface area (Å²) in [4.78, 5) is 4.40. The van der Waals surface area contributed by atoms with Crippen LogP contribution in [0.25, 0.3) is 0 Å². The van der Waals surface area contributed by atoms with Crippen molar-refractivity contribution in [1.29, 1.82) is 0 Å². The van der Waals surface area contributed by atoms with Crippen molar-refractivity contribution in [2.75, 3.05) is 6.54 Å². The van der Waals surface area contributed by atoms with E-state index >= 15 is 0 Å². The fourth-order valence-corrected chi connectivity index (χ4v) is 1.68. The summed E-state index contributed by atoms with van der Waals surface area (Å²) in [7, 11) is 1.90. The van der Waals surface area contributed by atoms with Gasteiger partial charge in [0.15, 0.2) is 0 Å². The van der Waals surface area contributed by atoms with Crippen LogP contribution < -0.4 is 10.5 Å². The third kappa shape index (κ3) is 3.07. The fourth-order valence-electron chi connectivity index (χ4n) is 1.68. The van der Waals surface area contributed by atoms with Crippen LogP contribution in [-0.4, -0.2) is 16.1 Å². The number of aromatic nitrogens is 2. The van der Waals surface area contributed by atoms with Crippen molar-refractivity contribution in [2.45, 2.75) is 13.0 Å². The Morgan fingerprint density at radius 3 is 3.00 bits per heavy atom. The Kier molecular flexibility index (Phi) is 3.94. The van der Waals surface area contributed by atoms with Gasteiger partial charge in [-0.2, -0.15) is 0 Å². The monoisotopic (exact) mass is 249 g/mol. The van der Waals surface area contributed by atoms with Crippen molar-refractivity contribution in [3.05, 3.63) is 47.8 Å². The lowest BCUT2D eigenvalue weighted by atomic mass is 10.3. The molecule has 0 amide bonds. The van der Waals surface area contributed by atoms with E-state index in [1.807, 2.05) is 17.8 Å². The van der Waals surface area contributed by atoms with Gasteiger partial charge in [-0.15, -0.1) is 0 Å². The molecule has 18 heavy (non-hydrogen) atoms. The molecule has 2 N–H and O–H groups in total. The highest BCUT2D eigenvalue weighted by Crippen LogP contribution is 2.14. The van der Waals surface area contributed by atoms with Gasteiger partial charge < -0.3 is 15.0 Å². The van der Waals surface area contributed by atoms with E-state index < -0.39 is 0 Å². The van der Waals surface area contributed by atoms with Crippen molar-refractivity contribution < 1.29 is 9.13 Å². The molecule has 1 aromatic heterocycles. The number of imidazole rings is 1. The van der Waals surface area contributed by atoms with Crippen molar-refractivity contribution in [3.8, 4) is 5.75 Å². The number of rotatable bonds is 5. The van der Waals surface area contributed by atoms with Gasteiger partial charge in [-0.3, -0.25) is 0 Å². The molecule has 0 radical (unpaired) electrons. The lowest BCUT2D eigenvalue weighted by Gasteiger charge is -2.05. The number of ether oxygens (including phenoxy) is 1. The standard InChI is InChI=1S/C13H16FN3O/c1-17-8-11(5-6-15)16-13(17)9-18-12-4-2-3-10(14)7-12/h2-4,7-8H,5-6,9,15H2,1H3. The molecule has 0 saturated heterocycles. The van der Waals surface area contributed by atoms with Crippen LogP contribution in [0.15, 0.2) is 30.5 Å². The van der Waals surface area contributed by atoms with E-state index in [0.717, 1.165) is 17.9 Å². The Morgan fingerprint density at radius 2 is 2.28 bits per heavy atom. The van der Waals surface area contributed by atoms with E-state index in [-0.39, 0.29) is 5.82 Å². The summed E-state index contributed by atoms with van der Waals surface area (Å²) in [6.07, 6.45) is 2.67. The number of halogens is 1. The molecule has 4 nitrogen and oxygen atoms in total. The molecule has 0 fully saturated rings. The zero-order valence-corrected chi connectivity index (χ0v) is 10.3.